The highest BCUT2D eigenvalue weighted by Crippen LogP contribution is 2.40. The number of hydrogen-bond donors (Lipinski definition) is 0. The monoisotopic (exact) mass is 252 g/mol. The van der Waals surface area contributed by atoms with Crippen molar-refractivity contribution >= 4 is 0 Å². The summed E-state index contributed by atoms with van der Waals surface area (Å²) in [6, 6.07) is 10.9. The number of hydrogen-bond acceptors (Lipinski definition) is 0. The van der Waals surface area contributed by atoms with E-state index in [-0.39, 0.29) is 0 Å². The van der Waals surface area contributed by atoms with Crippen molar-refractivity contribution in [3.05, 3.63) is 59.7 Å². The summed E-state index contributed by atoms with van der Waals surface area (Å²) in [5.74, 6) is 1.78. The molecule has 0 nitrogen and oxygen atoms in total. The van der Waals surface area contributed by atoms with Crippen molar-refractivity contribution in [2.75, 3.05) is 0 Å². The summed E-state index contributed by atoms with van der Waals surface area (Å²) in [6.07, 6.45) is 16.8. The van der Waals surface area contributed by atoms with Crippen LogP contribution in [0.25, 0.3) is 0 Å². The largest absolute Gasteiger partial charge is 0.0806 e. The van der Waals surface area contributed by atoms with E-state index in [4.69, 9.17) is 0 Å². The molecule has 1 saturated carbocycles. The highest BCUT2D eigenvalue weighted by Gasteiger charge is 2.28. The van der Waals surface area contributed by atoms with Crippen molar-refractivity contribution in [3.8, 4) is 0 Å². The molecule has 19 heavy (non-hydrogen) atoms. The highest BCUT2D eigenvalue weighted by atomic mass is 14.3. The second kappa shape index (κ2) is 6.23. The summed E-state index contributed by atoms with van der Waals surface area (Å²) in [6.45, 7) is 0. The third-order valence-electron chi connectivity index (χ3n) is 4.64. The van der Waals surface area contributed by atoms with Crippen molar-refractivity contribution in [2.45, 2.75) is 44.9 Å². The van der Waals surface area contributed by atoms with Crippen molar-refractivity contribution in [3.63, 3.8) is 0 Å². The highest BCUT2D eigenvalue weighted by molar-refractivity contribution is 5.27. The van der Waals surface area contributed by atoms with Crippen LogP contribution in [-0.4, -0.2) is 0 Å². The van der Waals surface area contributed by atoms with E-state index in [9.17, 15) is 0 Å². The van der Waals surface area contributed by atoms with E-state index in [1.54, 1.807) is 5.57 Å². The Hall–Kier alpha value is -1.30. The lowest BCUT2D eigenvalue weighted by atomic mass is 9.70. The van der Waals surface area contributed by atoms with Gasteiger partial charge in [-0.1, -0.05) is 60.6 Å². The zero-order valence-electron chi connectivity index (χ0n) is 11.7. The molecule has 1 aromatic rings. The predicted octanol–water partition coefficient (Wildman–Crippen LogP) is 5.31. The van der Waals surface area contributed by atoms with Gasteiger partial charge >= 0.3 is 0 Å². The fourth-order valence-corrected chi connectivity index (χ4v) is 3.22. The molecule has 3 rings (SSSR count). The molecule has 1 aromatic carbocycles. The van der Waals surface area contributed by atoms with E-state index < -0.39 is 0 Å². The first-order valence-corrected chi connectivity index (χ1v) is 7.84. The van der Waals surface area contributed by atoms with Crippen molar-refractivity contribution in [2.24, 2.45) is 11.8 Å². The lowest BCUT2D eigenvalue weighted by molar-refractivity contribution is 0.280. The molecular formula is C19H24. The van der Waals surface area contributed by atoms with Gasteiger partial charge in [0.1, 0.15) is 0 Å². The number of aryl methyl sites for hydroxylation is 1. The maximum atomic E-state index is 2.55. The van der Waals surface area contributed by atoms with E-state index in [2.05, 4.69) is 48.6 Å². The maximum absolute atomic E-state index is 2.55. The minimum atomic E-state index is 0.891. The third kappa shape index (κ3) is 3.37. The van der Waals surface area contributed by atoms with E-state index in [1.807, 2.05) is 0 Å². The van der Waals surface area contributed by atoms with Crippen LogP contribution in [0.3, 0.4) is 0 Å². The first-order chi connectivity index (χ1) is 9.42. The van der Waals surface area contributed by atoms with Gasteiger partial charge in [0.15, 0.2) is 0 Å². The van der Waals surface area contributed by atoms with Crippen molar-refractivity contribution in [1.82, 2.24) is 0 Å². The fourth-order valence-electron chi connectivity index (χ4n) is 3.22. The molecule has 0 aromatic heterocycles. The van der Waals surface area contributed by atoms with Gasteiger partial charge < -0.3 is 0 Å². The Labute approximate surface area is 117 Å². The average molecular weight is 252 g/mol. The van der Waals surface area contributed by atoms with Gasteiger partial charge in [0.05, 0.1) is 0 Å². The molecule has 0 spiro atoms. The summed E-state index contributed by atoms with van der Waals surface area (Å²) >= 11 is 0. The molecular weight excluding hydrogens is 228 g/mol. The van der Waals surface area contributed by atoms with E-state index >= 15 is 0 Å². The Bertz CT molecular complexity index is 452. The van der Waals surface area contributed by atoms with E-state index in [0.29, 0.717) is 0 Å². The van der Waals surface area contributed by atoms with Crippen LogP contribution >= 0.6 is 0 Å². The predicted molar refractivity (Wildman–Crippen MR) is 82.1 cm³/mol. The molecule has 2 unspecified atom stereocenters. The van der Waals surface area contributed by atoms with Gasteiger partial charge in [-0.05, 0) is 55.9 Å². The molecule has 100 valence electrons. The van der Waals surface area contributed by atoms with E-state index in [1.165, 1.54) is 50.5 Å². The minimum absolute atomic E-state index is 0.891. The van der Waals surface area contributed by atoms with Crippen LogP contribution in [0.1, 0.15) is 44.1 Å². The summed E-state index contributed by atoms with van der Waals surface area (Å²) < 4.78 is 0. The molecule has 2 aliphatic carbocycles. The zero-order valence-corrected chi connectivity index (χ0v) is 11.7. The SMILES string of the molecule is C1=CC2CCC2C=C1CCCCCc1ccccc1. The Balaban J connectivity index is 1.33. The van der Waals surface area contributed by atoms with Gasteiger partial charge in [-0.15, -0.1) is 0 Å². The standard InChI is InChI=1S/C19H24/c1-3-7-16(8-4-1)9-5-2-6-10-17-11-12-18-13-14-19(18)15-17/h1,3-4,7-8,11-12,15,18-19H,2,5-6,9-10,13-14H2. The Kier molecular flexibility index (Phi) is 4.17. The normalized spacial score (nSPS) is 24.5. The first kappa shape index (κ1) is 12.7. The summed E-state index contributed by atoms with van der Waals surface area (Å²) in [5, 5.41) is 0. The van der Waals surface area contributed by atoms with Crippen LogP contribution in [-0.2, 0) is 6.42 Å². The molecule has 2 aliphatic rings. The van der Waals surface area contributed by atoms with Gasteiger partial charge in [0.25, 0.3) is 0 Å². The van der Waals surface area contributed by atoms with E-state index in [0.717, 1.165) is 11.8 Å². The molecule has 0 heteroatoms. The summed E-state index contributed by atoms with van der Waals surface area (Å²) in [7, 11) is 0. The molecule has 0 radical (unpaired) electrons. The smallest absolute Gasteiger partial charge is 0.0164 e. The molecule has 0 saturated heterocycles. The number of allylic oxidation sites excluding steroid dienone is 4. The third-order valence-corrected chi connectivity index (χ3v) is 4.64. The summed E-state index contributed by atoms with van der Waals surface area (Å²) in [5.41, 5.74) is 3.08. The van der Waals surface area contributed by atoms with Crippen molar-refractivity contribution in [1.29, 1.82) is 0 Å². The quantitative estimate of drug-likeness (QED) is 0.602. The van der Waals surface area contributed by atoms with Gasteiger partial charge in [0, 0.05) is 0 Å². The topological polar surface area (TPSA) is 0 Å². The molecule has 0 aliphatic heterocycles. The average Bonchev–Trinajstić information content (AvgIpc) is 2.42. The molecule has 2 atom stereocenters. The van der Waals surface area contributed by atoms with Crippen molar-refractivity contribution < 1.29 is 0 Å². The number of benzene rings is 1. The zero-order chi connectivity index (χ0) is 12.9. The van der Waals surface area contributed by atoms with Gasteiger partial charge in [0.2, 0.25) is 0 Å². The molecule has 0 bridgehead atoms. The number of unbranched alkanes of at least 4 members (excludes halogenated alkanes) is 2. The second-order valence-electron chi connectivity index (χ2n) is 6.05. The second-order valence-corrected chi connectivity index (χ2v) is 6.05. The lowest BCUT2D eigenvalue weighted by Gasteiger charge is -2.35. The molecule has 1 fully saturated rings. The Morgan fingerprint density at radius 3 is 2.37 bits per heavy atom. The van der Waals surface area contributed by atoms with Gasteiger partial charge in [-0.2, -0.15) is 0 Å². The fraction of sp³-hybridized carbons (Fsp3) is 0.474. The van der Waals surface area contributed by atoms with Crippen LogP contribution in [0.15, 0.2) is 54.1 Å². The first-order valence-electron chi connectivity index (χ1n) is 7.84. The molecule has 0 heterocycles. The molecule has 0 amide bonds. The van der Waals surface area contributed by atoms with Gasteiger partial charge in [-0.3, -0.25) is 0 Å². The maximum Gasteiger partial charge on any atom is -0.0164 e. The summed E-state index contributed by atoms with van der Waals surface area (Å²) in [4.78, 5) is 0. The van der Waals surface area contributed by atoms with Crippen LogP contribution in [0.4, 0.5) is 0 Å². The minimum Gasteiger partial charge on any atom is -0.0806 e. The number of fused-ring (bicyclic) bond motifs is 1. The lowest BCUT2D eigenvalue weighted by Crippen LogP contribution is -2.24. The Morgan fingerprint density at radius 1 is 0.842 bits per heavy atom. The van der Waals surface area contributed by atoms with Crippen LogP contribution in [0.5, 0.6) is 0 Å². The van der Waals surface area contributed by atoms with Gasteiger partial charge in [-0.25, -0.2) is 0 Å². The van der Waals surface area contributed by atoms with Crippen LogP contribution in [0.2, 0.25) is 0 Å². The Morgan fingerprint density at radius 2 is 1.63 bits per heavy atom. The molecule has 0 N–H and O–H groups in total. The van der Waals surface area contributed by atoms with Crippen LogP contribution in [0, 0.1) is 11.8 Å². The number of rotatable bonds is 6. The van der Waals surface area contributed by atoms with Crippen LogP contribution < -0.4 is 0 Å².